The van der Waals surface area contributed by atoms with Gasteiger partial charge in [-0.1, -0.05) is 48.9 Å². The van der Waals surface area contributed by atoms with Gasteiger partial charge in [-0.3, -0.25) is 0 Å². The zero-order chi connectivity index (χ0) is 8.81. The Morgan fingerprint density at radius 2 is 0.917 bits per heavy atom. The highest BCUT2D eigenvalue weighted by Gasteiger charge is 2.04. The van der Waals surface area contributed by atoms with Crippen LogP contribution in [0, 0.1) is 0 Å². The summed E-state index contributed by atoms with van der Waals surface area (Å²) in [4.78, 5) is 0. The second-order valence-electron chi connectivity index (χ2n) is 3.43. The number of hydrogen-bond acceptors (Lipinski definition) is 0. The van der Waals surface area contributed by atoms with Gasteiger partial charge in [0, 0.05) is 10.1 Å². The minimum Gasteiger partial charge on any atom is -0.0879 e. The molecule has 0 unspecified atom stereocenters. The van der Waals surface area contributed by atoms with Crippen LogP contribution in [-0.4, -0.2) is 0 Å². The molecule has 2 heteroatoms. The molecule has 0 spiro atoms. The van der Waals surface area contributed by atoms with Crippen LogP contribution < -0.4 is 0 Å². The molecule has 0 amide bonds. The molecule has 0 saturated heterocycles. The zero-order valence-electron chi connectivity index (χ0n) is 7.41. The SMILES string of the molecule is Cl/C1=C(\Cl)CCCCCCCC1. The van der Waals surface area contributed by atoms with Crippen LogP contribution in [0.25, 0.3) is 0 Å². The van der Waals surface area contributed by atoms with E-state index in [1.807, 2.05) is 0 Å². The van der Waals surface area contributed by atoms with E-state index in [0.29, 0.717) is 0 Å². The Morgan fingerprint density at radius 1 is 0.583 bits per heavy atom. The maximum absolute atomic E-state index is 6.02. The number of halogens is 2. The van der Waals surface area contributed by atoms with E-state index in [4.69, 9.17) is 23.2 Å². The lowest BCUT2D eigenvalue weighted by Crippen LogP contribution is -1.87. The third-order valence-corrected chi connectivity index (χ3v) is 3.27. The molecule has 0 nitrogen and oxygen atoms in total. The van der Waals surface area contributed by atoms with Gasteiger partial charge in [-0.25, -0.2) is 0 Å². The van der Waals surface area contributed by atoms with Gasteiger partial charge in [-0.15, -0.1) is 0 Å². The fourth-order valence-corrected chi connectivity index (χ4v) is 2.00. The second kappa shape index (κ2) is 5.88. The van der Waals surface area contributed by atoms with Crippen LogP contribution in [0.3, 0.4) is 0 Å². The minimum absolute atomic E-state index is 0.901. The Morgan fingerprint density at radius 3 is 1.33 bits per heavy atom. The van der Waals surface area contributed by atoms with Crippen LogP contribution in [0.4, 0.5) is 0 Å². The van der Waals surface area contributed by atoms with Crippen molar-refractivity contribution in [1.82, 2.24) is 0 Å². The highest BCUT2D eigenvalue weighted by molar-refractivity contribution is 6.39. The summed E-state index contributed by atoms with van der Waals surface area (Å²) in [6.45, 7) is 0. The van der Waals surface area contributed by atoms with Crippen molar-refractivity contribution in [2.75, 3.05) is 0 Å². The molecular weight excluding hydrogens is 191 g/mol. The van der Waals surface area contributed by atoms with E-state index in [0.717, 1.165) is 22.9 Å². The normalized spacial score (nSPS) is 28.5. The molecule has 12 heavy (non-hydrogen) atoms. The summed E-state index contributed by atoms with van der Waals surface area (Å²) in [5.41, 5.74) is 0. The average molecular weight is 207 g/mol. The summed E-state index contributed by atoms with van der Waals surface area (Å²) in [5, 5.41) is 1.80. The fourth-order valence-electron chi connectivity index (χ4n) is 1.54. The summed E-state index contributed by atoms with van der Waals surface area (Å²) < 4.78 is 0. The first-order chi connectivity index (χ1) is 5.80. The van der Waals surface area contributed by atoms with Crippen molar-refractivity contribution in [2.45, 2.75) is 51.4 Å². The zero-order valence-corrected chi connectivity index (χ0v) is 8.92. The molecule has 0 atom stereocenters. The van der Waals surface area contributed by atoms with E-state index >= 15 is 0 Å². The van der Waals surface area contributed by atoms with E-state index in [9.17, 15) is 0 Å². The van der Waals surface area contributed by atoms with Crippen molar-refractivity contribution in [2.24, 2.45) is 0 Å². The van der Waals surface area contributed by atoms with Gasteiger partial charge in [0.15, 0.2) is 0 Å². The predicted octanol–water partition coefficient (Wildman–Crippen LogP) is 4.81. The third-order valence-electron chi connectivity index (χ3n) is 2.34. The molecule has 1 aliphatic carbocycles. The van der Waals surface area contributed by atoms with E-state index < -0.39 is 0 Å². The maximum atomic E-state index is 6.02. The summed E-state index contributed by atoms with van der Waals surface area (Å²) in [6.07, 6.45) is 9.72. The van der Waals surface area contributed by atoms with Crippen LogP contribution in [0.1, 0.15) is 51.4 Å². The lowest BCUT2D eigenvalue weighted by Gasteiger charge is -2.07. The molecule has 0 radical (unpaired) electrons. The molecule has 70 valence electrons. The van der Waals surface area contributed by atoms with Gasteiger partial charge in [0.25, 0.3) is 0 Å². The summed E-state index contributed by atoms with van der Waals surface area (Å²) in [5.74, 6) is 0. The third kappa shape index (κ3) is 3.82. The van der Waals surface area contributed by atoms with E-state index in [-0.39, 0.29) is 0 Å². The fraction of sp³-hybridized carbons (Fsp3) is 0.800. The smallest absolute Gasteiger partial charge is 0.0325 e. The molecule has 0 fully saturated rings. The Hall–Kier alpha value is 0.320. The highest BCUT2D eigenvalue weighted by atomic mass is 35.5. The standard InChI is InChI=1S/C10H16Cl2/c11-9-7-5-3-1-2-4-6-8-10(9)12/h1-8H2/b10-9-. The van der Waals surface area contributed by atoms with Crippen molar-refractivity contribution >= 4 is 23.2 Å². The Kier molecular flexibility index (Phi) is 5.10. The molecule has 0 aromatic carbocycles. The van der Waals surface area contributed by atoms with E-state index in [2.05, 4.69) is 0 Å². The van der Waals surface area contributed by atoms with Crippen molar-refractivity contribution in [3.63, 3.8) is 0 Å². The van der Waals surface area contributed by atoms with Crippen LogP contribution in [0.15, 0.2) is 10.1 Å². The molecule has 0 aliphatic heterocycles. The van der Waals surface area contributed by atoms with Crippen LogP contribution in [0.5, 0.6) is 0 Å². The van der Waals surface area contributed by atoms with E-state index in [1.54, 1.807) is 0 Å². The van der Waals surface area contributed by atoms with Crippen molar-refractivity contribution in [1.29, 1.82) is 0 Å². The van der Waals surface area contributed by atoms with Gasteiger partial charge in [-0.05, 0) is 25.7 Å². The first kappa shape index (κ1) is 10.4. The van der Waals surface area contributed by atoms with Gasteiger partial charge >= 0.3 is 0 Å². The van der Waals surface area contributed by atoms with Gasteiger partial charge in [0.2, 0.25) is 0 Å². The van der Waals surface area contributed by atoms with Crippen molar-refractivity contribution in [3.8, 4) is 0 Å². The van der Waals surface area contributed by atoms with Crippen molar-refractivity contribution in [3.05, 3.63) is 10.1 Å². The molecule has 1 aliphatic rings. The van der Waals surface area contributed by atoms with Gasteiger partial charge < -0.3 is 0 Å². The van der Waals surface area contributed by atoms with Crippen LogP contribution in [-0.2, 0) is 0 Å². The molecular formula is C10H16Cl2. The molecule has 0 bridgehead atoms. The van der Waals surface area contributed by atoms with Gasteiger partial charge in [0.05, 0.1) is 0 Å². The number of hydrogen-bond donors (Lipinski definition) is 0. The molecule has 0 saturated carbocycles. The largest absolute Gasteiger partial charge is 0.0879 e. The number of rotatable bonds is 0. The number of allylic oxidation sites excluding steroid dienone is 2. The first-order valence-corrected chi connectivity index (χ1v) is 5.59. The van der Waals surface area contributed by atoms with Crippen LogP contribution >= 0.6 is 23.2 Å². The average Bonchev–Trinajstić information content (AvgIpc) is 2.08. The second-order valence-corrected chi connectivity index (χ2v) is 4.34. The molecule has 0 heterocycles. The lowest BCUT2D eigenvalue weighted by atomic mass is 10.1. The van der Waals surface area contributed by atoms with Crippen LogP contribution in [0.2, 0.25) is 0 Å². The summed E-state index contributed by atoms with van der Waals surface area (Å²) in [6, 6.07) is 0. The maximum Gasteiger partial charge on any atom is 0.0325 e. The molecule has 0 aromatic rings. The lowest BCUT2D eigenvalue weighted by molar-refractivity contribution is 0.588. The van der Waals surface area contributed by atoms with Crippen molar-refractivity contribution < 1.29 is 0 Å². The van der Waals surface area contributed by atoms with Gasteiger partial charge in [-0.2, -0.15) is 0 Å². The topological polar surface area (TPSA) is 0 Å². The molecule has 0 N–H and O–H groups in total. The molecule has 1 rings (SSSR count). The van der Waals surface area contributed by atoms with E-state index in [1.165, 1.54) is 38.5 Å². The summed E-state index contributed by atoms with van der Waals surface area (Å²) >= 11 is 12.0. The minimum atomic E-state index is 0.901. The van der Waals surface area contributed by atoms with Gasteiger partial charge in [0.1, 0.15) is 0 Å². The first-order valence-electron chi connectivity index (χ1n) is 4.84. The monoisotopic (exact) mass is 206 g/mol. The Labute approximate surface area is 84.9 Å². The quantitative estimate of drug-likeness (QED) is 0.534. The highest BCUT2D eigenvalue weighted by Crippen LogP contribution is 2.26. The Bertz CT molecular complexity index is 143. The summed E-state index contributed by atoms with van der Waals surface area (Å²) in [7, 11) is 0. The molecule has 0 aromatic heterocycles. The Balaban J connectivity index is 2.43. The predicted molar refractivity (Wildman–Crippen MR) is 55.7 cm³/mol.